The van der Waals surface area contributed by atoms with Crippen molar-refractivity contribution in [3.63, 3.8) is 0 Å². The lowest BCUT2D eigenvalue weighted by Gasteiger charge is -2.15. The largest absolute Gasteiger partial charge is 0.489 e. The van der Waals surface area contributed by atoms with Gasteiger partial charge in [-0.3, -0.25) is 0 Å². The molecular formula is C18H20O3. The average molecular weight is 284 g/mol. The summed E-state index contributed by atoms with van der Waals surface area (Å²) in [6, 6.07) is 13.9. The molecule has 0 fully saturated rings. The summed E-state index contributed by atoms with van der Waals surface area (Å²) in [6.07, 6.45) is 0.504. The molecule has 2 aromatic carbocycles. The molecule has 1 N–H and O–H groups in total. The van der Waals surface area contributed by atoms with Crippen molar-refractivity contribution in [1.29, 1.82) is 0 Å². The minimum Gasteiger partial charge on any atom is -0.489 e. The number of rotatable bonds is 4. The highest BCUT2D eigenvalue weighted by Gasteiger charge is 2.23. The summed E-state index contributed by atoms with van der Waals surface area (Å²) in [5, 5.41) is 9.58. The molecular weight excluding hydrogens is 264 g/mol. The van der Waals surface area contributed by atoms with Gasteiger partial charge in [0.2, 0.25) is 0 Å². The standard InChI is InChI=1S/C18H20O3/c1-12-9-14(13(2)19)7-8-17(12)20-11-16-10-15-5-3-4-6-18(15)21-16/h3-9,13,16,19H,10-11H2,1-2H3. The Bertz CT molecular complexity index is 609. The van der Waals surface area contributed by atoms with Gasteiger partial charge in [0.15, 0.2) is 0 Å². The third-order valence-corrected chi connectivity index (χ3v) is 3.82. The van der Waals surface area contributed by atoms with Crippen LogP contribution >= 0.6 is 0 Å². The maximum Gasteiger partial charge on any atom is 0.137 e. The number of ether oxygens (including phenoxy) is 2. The summed E-state index contributed by atoms with van der Waals surface area (Å²) in [4.78, 5) is 0. The van der Waals surface area contributed by atoms with Crippen molar-refractivity contribution < 1.29 is 14.6 Å². The number of benzene rings is 2. The van der Waals surface area contributed by atoms with Gasteiger partial charge < -0.3 is 14.6 Å². The normalized spacial score (nSPS) is 18.0. The van der Waals surface area contributed by atoms with E-state index in [-0.39, 0.29) is 6.10 Å². The van der Waals surface area contributed by atoms with Crippen molar-refractivity contribution in [3.05, 3.63) is 59.2 Å². The lowest BCUT2D eigenvalue weighted by atomic mass is 10.1. The maximum absolute atomic E-state index is 9.58. The maximum atomic E-state index is 9.58. The van der Waals surface area contributed by atoms with Crippen LogP contribution in [-0.2, 0) is 6.42 Å². The van der Waals surface area contributed by atoms with Crippen molar-refractivity contribution in [1.82, 2.24) is 0 Å². The fourth-order valence-corrected chi connectivity index (χ4v) is 2.62. The van der Waals surface area contributed by atoms with Crippen LogP contribution in [0.2, 0.25) is 0 Å². The Morgan fingerprint density at radius 3 is 2.81 bits per heavy atom. The van der Waals surface area contributed by atoms with E-state index in [1.807, 2.05) is 43.3 Å². The molecule has 0 aromatic heterocycles. The average Bonchev–Trinajstić information content (AvgIpc) is 2.88. The molecule has 1 aliphatic heterocycles. The molecule has 3 nitrogen and oxygen atoms in total. The molecule has 0 bridgehead atoms. The Hall–Kier alpha value is -2.00. The van der Waals surface area contributed by atoms with E-state index in [1.54, 1.807) is 6.92 Å². The summed E-state index contributed by atoms with van der Waals surface area (Å²) in [6.45, 7) is 4.29. The van der Waals surface area contributed by atoms with Crippen molar-refractivity contribution in [3.8, 4) is 11.5 Å². The highest BCUT2D eigenvalue weighted by molar-refractivity contribution is 5.38. The van der Waals surface area contributed by atoms with E-state index in [2.05, 4.69) is 6.07 Å². The molecule has 2 unspecified atom stereocenters. The zero-order valence-corrected chi connectivity index (χ0v) is 12.4. The van der Waals surface area contributed by atoms with Gasteiger partial charge >= 0.3 is 0 Å². The molecule has 0 saturated carbocycles. The fraction of sp³-hybridized carbons (Fsp3) is 0.333. The van der Waals surface area contributed by atoms with Crippen molar-refractivity contribution in [2.24, 2.45) is 0 Å². The summed E-state index contributed by atoms with van der Waals surface area (Å²) in [5.41, 5.74) is 3.18. The molecule has 1 aliphatic rings. The van der Waals surface area contributed by atoms with Gasteiger partial charge in [0.25, 0.3) is 0 Å². The van der Waals surface area contributed by atoms with E-state index < -0.39 is 6.10 Å². The molecule has 0 aliphatic carbocycles. The van der Waals surface area contributed by atoms with Crippen LogP contribution in [0.1, 0.15) is 29.7 Å². The SMILES string of the molecule is Cc1cc(C(C)O)ccc1OCC1Cc2ccccc2O1. The molecule has 1 heterocycles. The molecule has 0 spiro atoms. The zero-order chi connectivity index (χ0) is 14.8. The summed E-state index contributed by atoms with van der Waals surface area (Å²) in [7, 11) is 0. The van der Waals surface area contributed by atoms with Crippen LogP contribution in [-0.4, -0.2) is 17.8 Å². The second-order valence-electron chi connectivity index (χ2n) is 5.56. The third-order valence-electron chi connectivity index (χ3n) is 3.82. The van der Waals surface area contributed by atoms with Crippen LogP contribution in [0.15, 0.2) is 42.5 Å². The quantitative estimate of drug-likeness (QED) is 0.935. The van der Waals surface area contributed by atoms with Gasteiger partial charge in [-0.1, -0.05) is 24.3 Å². The van der Waals surface area contributed by atoms with Crippen LogP contribution < -0.4 is 9.47 Å². The second-order valence-corrected chi connectivity index (χ2v) is 5.56. The predicted molar refractivity (Wildman–Crippen MR) is 81.9 cm³/mol. The van der Waals surface area contributed by atoms with Gasteiger partial charge in [0.1, 0.15) is 24.2 Å². The molecule has 3 rings (SSSR count). The van der Waals surface area contributed by atoms with Gasteiger partial charge in [-0.2, -0.15) is 0 Å². The number of fused-ring (bicyclic) bond motifs is 1. The third kappa shape index (κ3) is 3.03. The Morgan fingerprint density at radius 1 is 1.29 bits per heavy atom. The number of aryl methyl sites for hydroxylation is 1. The van der Waals surface area contributed by atoms with Gasteiger partial charge in [-0.25, -0.2) is 0 Å². The smallest absolute Gasteiger partial charge is 0.137 e. The molecule has 0 saturated heterocycles. The van der Waals surface area contributed by atoms with Crippen LogP contribution in [0, 0.1) is 6.92 Å². The first-order valence-electron chi connectivity index (χ1n) is 7.29. The Labute approximate surface area is 125 Å². The molecule has 0 amide bonds. The summed E-state index contributed by atoms with van der Waals surface area (Å²) < 4.78 is 11.7. The Kier molecular flexibility index (Phi) is 3.84. The molecule has 2 aromatic rings. The lowest BCUT2D eigenvalue weighted by Crippen LogP contribution is -2.22. The van der Waals surface area contributed by atoms with Crippen LogP contribution in [0.4, 0.5) is 0 Å². The fourth-order valence-electron chi connectivity index (χ4n) is 2.62. The van der Waals surface area contributed by atoms with Gasteiger partial charge in [0.05, 0.1) is 6.10 Å². The minimum atomic E-state index is -0.453. The predicted octanol–water partition coefficient (Wildman–Crippen LogP) is 3.43. The molecule has 2 atom stereocenters. The monoisotopic (exact) mass is 284 g/mol. The minimum absolute atomic E-state index is 0.0678. The van der Waals surface area contributed by atoms with Crippen molar-refractivity contribution in [2.45, 2.75) is 32.5 Å². The second kappa shape index (κ2) is 5.78. The molecule has 110 valence electrons. The first-order valence-corrected chi connectivity index (χ1v) is 7.29. The van der Waals surface area contributed by atoms with Crippen LogP contribution in [0.3, 0.4) is 0 Å². The van der Waals surface area contributed by atoms with E-state index in [9.17, 15) is 5.11 Å². The van der Waals surface area contributed by atoms with Crippen LogP contribution in [0.5, 0.6) is 11.5 Å². The van der Waals surface area contributed by atoms with E-state index in [1.165, 1.54) is 5.56 Å². The van der Waals surface area contributed by atoms with Gasteiger partial charge in [-0.05, 0) is 48.7 Å². The molecule has 3 heteroatoms. The highest BCUT2D eigenvalue weighted by atomic mass is 16.5. The number of aliphatic hydroxyl groups excluding tert-OH is 1. The summed E-state index contributed by atoms with van der Waals surface area (Å²) >= 11 is 0. The van der Waals surface area contributed by atoms with E-state index in [0.717, 1.165) is 29.0 Å². The Morgan fingerprint density at radius 2 is 2.10 bits per heavy atom. The molecule has 21 heavy (non-hydrogen) atoms. The van der Waals surface area contributed by atoms with E-state index in [0.29, 0.717) is 6.61 Å². The van der Waals surface area contributed by atoms with Gasteiger partial charge in [0, 0.05) is 6.42 Å². The summed E-state index contributed by atoms with van der Waals surface area (Å²) in [5.74, 6) is 1.81. The molecule has 0 radical (unpaired) electrons. The highest BCUT2D eigenvalue weighted by Crippen LogP contribution is 2.29. The van der Waals surface area contributed by atoms with E-state index in [4.69, 9.17) is 9.47 Å². The van der Waals surface area contributed by atoms with E-state index >= 15 is 0 Å². The first-order chi connectivity index (χ1) is 10.1. The van der Waals surface area contributed by atoms with Crippen molar-refractivity contribution >= 4 is 0 Å². The van der Waals surface area contributed by atoms with Crippen LogP contribution in [0.25, 0.3) is 0 Å². The topological polar surface area (TPSA) is 38.7 Å². The number of hydrogen-bond donors (Lipinski definition) is 1. The van der Waals surface area contributed by atoms with Gasteiger partial charge in [-0.15, -0.1) is 0 Å². The zero-order valence-electron chi connectivity index (χ0n) is 12.4. The Balaban J connectivity index is 1.62. The first kappa shape index (κ1) is 14.0. The number of hydrogen-bond acceptors (Lipinski definition) is 3. The number of para-hydroxylation sites is 1. The lowest BCUT2D eigenvalue weighted by molar-refractivity contribution is 0.148. The van der Waals surface area contributed by atoms with Crippen molar-refractivity contribution in [2.75, 3.05) is 6.61 Å². The number of aliphatic hydroxyl groups is 1.